The highest BCUT2D eigenvalue weighted by Gasteiger charge is 2.54. The van der Waals surface area contributed by atoms with Gasteiger partial charge in [0.2, 0.25) is 0 Å². The van der Waals surface area contributed by atoms with Gasteiger partial charge in [-0.05, 0) is 96.9 Å². The molecule has 0 saturated carbocycles. The Morgan fingerprint density at radius 3 is 2.29 bits per heavy atom. The molecule has 2 aromatic carbocycles. The molecule has 2 nitrogen and oxygen atoms in total. The van der Waals surface area contributed by atoms with Crippen molar-refractivity contribution in [3.63, 3.8) is 0 Å². The van der Waals surface area contributed by atoms with E-state index in [1.165, 1.54) is 52.9 Å². The maximum atomic E-state index is 5.72. The van der Waals surface area contributed by atoms with Gasteiger partial charge in [0.15, 0.2) is 0 Å². The summed E-state index contributed by atoms with van der Waals surface area (Å²) in [4.78, 5) is 8.49. The van der Waals surface area contributed by atoms with Crippen molar-refractivity contribution in [1.82, 2.24) is 9.88 Å². The number of fused-ring (bicyclic) bond motifs is 17. The van der Waals surface area contributed by atoms with Gasteiger partial charge in [-0.25, -0.2) is 0 Å². The van der Waals surface area contributed by atoms with Crippen LogP contribution in [-0.2, 0) is 5.41 Å². The number of allylic oxidation sites excluding steroid dienone is 7. The summed E-state index contributed by atoms with van der Waals surface area (Å²) >= 11 is 0. The zero-order valence-electron chi connectivity index (χ0n) is 25.2. The number of piperidine rings is 1. The molecule has 3 aromatic rings. The van der Waals surface area contributed by atoms with Gasteiger partial charge in [-0.3, -0.25) is 9.88 Å². The summed E-state index contributed by atoms with van der Waals surface area (Å²) in [5, 5.41) is 0. The standard InChI is InChI=1S/C40H42N2/c1-26-28-12-8-16-30(26)36-20-10-22-38(41-36)40(34-18-6-4-14-32(34)33-15-5-7-19-35(33)40)39-23-11-21-37(42(39)3)31-17-9-13-29(25-24-28)27(31)2/h4-10,12-20,22,26-27,29-30,37,39H,11,21,23-25H2,1-3H3. The van der Waals surface area contributed by atoms with E-state index in [1.807, 2.05) is 0 Å². The molecule has 8 bridgehead atoms. The van der Waals surface area contributed by atoms with Gasteiger partial charge in [0, 0.05) is 23.7 Å². The van der Waals surface area contributed by atoms with Gasteiger partial charge in [-0.1, -0.05) is 110 Å². The fourth-order valence-corrected chi connectivity index (χ4v) is 9.47. The van der Waals surface area contributed by atoms with Crippen LogP contribution < -0.4 is 0 Å². The highest BCUT2D eigenvalue weighted by Crippen LogP contribution is 2.57. The number of pyridine rings is 1. The van der Waals surface area contributed by atoms with Crippen molar-refractivity contribution >= 4 is 0 Å². The van der Waals surface area contributed by atoms with Gasteiger partial charge in [-0.2, -0.15) is 0 Å². The second kappa shape index (κ2) is 10.1. The normalized spacial score (nSPS) is 30.9. The van der Waals surface area contributed by atoms with Crippen LogP contribution in [-0.4, -0.2) is 29.0 Å². The van der Waals surface area contributed by atoms with Crippen molar-refractivity contribution in [2.24, 2.45) is 17.8 Å². The van der Waals surface area contributed by atoms with Crippen molar-refractivity contribution in [2.45, 2.75) is 69.4 Å². The number of nitrogens with zero attached hydrogens (tertiary/aromatic N) is 2. The van der Waals surface area contributed by atoms with Crippen LogP contribution in [0.25, 0.3) is 11.1 Å². The summed E-state index contributed by atoms with van der Waals surface area (Å²) in [5.41, 5.74) is 10.9. The first-order valence-electron chi connectivity index (χ1n) is 16.2. The molecule has 5 aliphatic rings. The van der Waals surface area contributed by atoms with Crippen LogP contribution >= 0.6 is 0 Å². The van der Waals surface area contributed by atoms with E-state index in [0.29, 0.717) is 35.8 Å². The summed E-state index contributed by atoms with van der Waals surface area (Å²) in [6.07, 6.45) is 20.4. The monoisotopic (exact) mass is 550 g/mol. The van der Waals surface area contributed by atoms with Crippen LogP contribution in [0.2, 0.25) is 0 Å². The maximum absolute atomic E-state index is 5.72. The van der Waals surface area contributed by atoms with Crippen LogP contribution in [0.3, 0.4) is 0 Å². The number of rotatable bonds is 0. The lowest BCUT2D eigenvalue weighted by atomic mass is 9.65. The molecule has 0 radical (unpaired) electrons. The Morgan fingerprint density at radius 2 is 1.50 bits per heavy atom. The molecule has 8 rings (SSSR count). The topological polar surface area (TPSA) is 16.1 Å². The predicted octanol–water partition coefficient (Wildman–Crippen LogP) is 9.01. The lowest BCUT2D eigenvalue weighted by Crippen LogP contribution is -2.56. The third-order valence-corrected chi connectivity index (χ3v) is 11.7. The highest BCUT2D eigenvalue weighted by molar-refractivity contribution is 5.83. The molecule has 1 fully saturated rings. The van der Waals surface area contributed by atoms with Crippen LogP contribution in [0.1, 0.15) is 74.4 Å². The number of likely N-dealkylation sites (N-methyl/N-ethyl adjacent to an activating group) is 1. The Balaban J connectivity index is 1.41. The van der Waals surface area contributed by atoms with Crippen LogP contribution in [0.15, 0.2) is 114 Å². The lowest BCUT2D eigenvalue weighted by Gasteiger charge is -2.51. The van der Waals surface area contributed by atoms with Gasteiger partial charge < -0.3 is 0 Å². The van der Waals surface area contributed by atoms with E-state index in [1.54, 1.807) is 11.1 Å². The zero-order chi connectivity index (χ0) is 28.4. The van der Waals surface area contributed by atoms with Gasteiger partial charge in [-0.15, -0.1) is 0 Å². The first kappa shape index (κ1) is 26.2. The number of benzene rings is 2. The van der Waals surface area contributed by atoms with Gasteiger partial charge in [0.25, 0.3) is 0 Å². The van der Waals surface area contributed by atoms with E-state index in [0.717, 1.165) is 12.8 Å². The van der Waals surface area contributed by atoms with Crippen LogP contribution in [0.5, 0.6) is 0 Å². The second-order valence-electron chi connectivity index (χ2n) is 13.5. The Kier molecular flexibility index (Phi) is 6.26. The number of hydrogen-bond acceptors (Lipinski definition) is 2. The first-order valence-corrected chi connectivity index (χ1v) is 16.2. The van der Waals surface area contributed by atoms with Crippen LogP contribution in [0, 0.1) is 17.8 Å². The molecule has 3 heterocycles. The van der Waals surface area contributed by atoms with Crippen molar-refractivity contribution < 1.29 is 0 Å². The van der Waals surface area contributed by atoms with Gasteiger partial charge in [0.05, 0.1) is 11.1 Å². The molecule has 42 heavy (non-hydrogen) atoms. The molecule has 2 aliphatic heterocycles. The number of hydrogen-bond donors (Lipinski definition) is 0. The minimum atomic E-state index is -0.329. The van der Waals surface area contributed by atoms with Crippen molar-refractivity contribution in [2.75, 3.05) is 7.05 Å². The molecule has 1 spiro atoms. The summed E-state index contributed by atoms with van der Waals surface area (Å²) in [6, 6.07) is 26.1. The summed E-state index contributed by atoms with van der Waals surface area (Å²) in [5.74, 6) is 1.88. The smallest absolute Gasteiger partial charge is 0.0791 e. The largest absolute Gasteiger partial charge is 0.295 e. The first-order chi connectivity index (χ1) is 20.6. The average molecular weight is 551 g/mol. The SMILES string of the molecule is CC1C2=CC=CC1CCC1=CC=CC(c3cccc(n3)C3(c4ccccc4-c4ccccc43)C3CCCC2N3C)C1C. The molecule has 0 N–H and O–H groups in total. The van der Waals surface area contributed by atoms with Gasteiger partial charge in [0.1, 0.15) is 0 Å². The average Bonchev–Trinajstić information content (AvgIpc) is 3.32. The van der Waals surface area contributed by atoms with Crippen molar-refractivity contribution in [3.05, 3.63) is 137 Å². The Bertz CT molecular complexity index is 1610. The summed E-state index contributed by atoms with van der Waals surface area (Å²) < 4.78 is 0. The molecule has 3 aliphatic carbocycles. The second-order valence-corrected chi connectivity index (χ2v) is 13.5. The quantitative estimate of drug-likeness (QED) is 0.278. The Morgan fingerprint density at radius 1 is 0.762 bits per heavy atom. The predicted molar refractivity (Wildman–Crippen MR) is 173 cm³/mol. The molecule has 1 aromatic heterocycles. The van der Waals surface area contributed by atoms with E-state index in [4.69, 9.17) is 4.98 Å². The van der Waals surface area contributed by atoms with Crippen molar-refractivity contribution in [1.29, 1.82) is 0 Å². The molecule has 0 amide bonds. The summed E-state index contributed by atoms with van der Waals surface area (Å²) in [6.45, 7) is 4.92. The third-order valence-electron chi connectivity index (χ3n) is 11.7. The van der Waals surface area contributed by atoms with Crippen LogP contribution in [0.4, 0.5) is 0 Å². The minimum absolute atomic E-state index is 0.297. The van der Waals surface area contributed by atoms with E-state index in [-0.39, 0.29) is 5.41 Å². The lowest BCUT2D eigenvalue weighted by molar-refractivity contribution is 0.0918. The fraction of sp³-hybridized carbons (Fsp3) is 0.375. The Hall–Kier alpha value is -3.49. The minimum Gasteiger partial charge on any atom is -0.295 e. The van der Waals surface area contributed by atoms with E-state index in [9.17, 15) is 0 Å². The fourth-order valence-electron chi connectivity index (χ4n) is 9.47. The van der Waals surface area contributed by atoms with E-state index < -0.39 is 0 Å². The van der Waals surface area contributed by atoms with E-state index >= 15 is 0 Å². The number of aromatic nitrogens is 1. The molecular weight excluding hydrogens is 508 g/mol. The molecule has 2 heteroatoms. The van der Waals surface area contributed by atoms with Crippen molar-refractivity contribution in [3.8, 4) is 11.1 Å². The molecule has 212 valence electrons. The van der Waals surface area contributed by atoms with E-state index in [2.05, 4.69) is 129 Å². The molecule has 6 unspecified atom stereocenters. The maximum Gasteiger partial charge on any atom is 0.0791 e. The highest BCUT2D eigenvalue weighted by atomic mass is 15.2. The Labute approximate surface area is 251 Å². The molecule has 1 saturated heterocycles. The third kappa shape index (κ3) is 3.70. The zero-order valence-corrected chi connectivity index (χ0v) is 25.2. The summed E-state index contributed by atoms with van der Waals surface area (Å²) in [7, 11) is 2.42. The van der Waals surface area contributed by atoms with Gasteiger partial charge >= 0.3 is 0 Å². The molecule has 6 atom stereocenters. The molecular formula is C40H42N2.